The predicted molar refractivity (Wildman–Crippen MR) is 239 cm³/mol. The van der Waals surface area contributed by atoms with Gasteiger partial charge in [-0.3, -0.25) is 0 Å². The minimum absolute atomic E-state index is 0. The molecule has 0 radical (unpaired) electrons. The van der Waals surface area contributed by atoms with E-state index in [4.69, 9.17) is 0 Å². The number of anilines is 6. The maximum absolute atomic E-state index is 3.39. The van der Waals surface area contributed by atoms with Gasteiger partial charge in [-0.2, -0.15) is 22.3 Å². The van der Waals surface area contributed by atoms with Gasteiger partial charge in [0.05, 0.1) is 0 Å². The summed E-state index contributed by atoms with van der Waals surface area (Å²) in [6.45, 7) is 23.7. The van der Waals surface area contributed by atoms with Gasteiger partial charge in [0.15, 0.2) is 0 Å². The van der Waals surface area contributed by atoms with Gasteiger partial charge in [0, 0.05) is 119 Å². The summed E-state index contributed by atoms with van der Waals surface area (Å²) in [6, 6.07) is 7.24. The van der Waals surface area contributed by atoms with Crippen molar-refractivity contribution in [3.8, 4) is 0 Å². The average Bonchev–Trinajstić information content (AvgIpc) is 3.22. The van der Waals surface area contributed by atoms with Gasteiger partial charge in [0.2, 0.25) is 0 Å². The zero-order valence-electron chi connectivity index (χ0n) is 38.5. The molecular formula is C45H69Cl3N6SiTi. The van der Waals surface area contributed by atoms with Crippen LogP contribution >= 0.6 is 0 Å². The van der Waals surface area contributed by atoms with Crippen LogP contribution in [0.4, 0.5) is 34.1 Å². The van der Waals surface area contributed by atoms with Gasteiger partial charge in [-0.25, -0.2) is 0 Å². The van der Waals surface area contributed by atoms with E-state index in [1.807, 2.05) is 0 Å². The fourth-order valence-electron chi connectivity index (χ4n) is 9.68. The van der Waals surface area contributed by atoms with Crippen molar-refractivity contribution < 1.29 is 58.9 Å². The summed E-state index contributed by atoms with van der Waals surface area (Å²) in [6.07, 6.45) is 0. The second kappa shape index (κ2) is 19.6. The fraction of sp³-hybridized carbons (Fsp3) is 0.489. The summed E-state index contributed by atoms with van der Waals surface area (Å²) in [7, 11) is 23.4. The molecular weight excluding hydrogens is 807 g/mol. The van der Waals surface area contributed by atoms with Gasteiger partial charge in [0.25, 0.3) is 0 Å². The minimum Gasteiger partial charge on any atom is -1.00 e. The van der Waals surface area contributed by atoms with Crippen molar-refractivity contribution >= 4 is 62.9 Å². The zero-order valence-corrected chi connectivity index (χ0v) is 43.4. The third kappa shape index (κ3) is 8.38. The van der Waals surface area contributed by atoms with Crippen LogP contribution in [0.15, 0.2) is 18.2 Å². The predicted octanol–water partition coefficient (Wildman–Crippen LogP) is -2.73. The van der Waals surface area contributed by atoms with Crippen molar-refractivity contribution in [3.63, 3.8) is 0 Å². The molecule has 0 fully saturated rings. The molecule has 0 N–H and O–H groups in total. The molecule has 0 amide bonds. The van der Waals surface area contributed by atoms with Crippen LogP contribution in [0.2, 0.25) is 0 Å². The van der Waals surface area contributed by atoms with E-state index in [1.54, 1.807) is 0 Å². The molecule has 56 heavy (non-hydrogen) atoms. The van der Waals surface area contributed by atoms with Crippen LogP contribution < -0.4 is 87.4 Å². The molecule has 0 atom stereocenters. The third-order valence-corrected chi connectivity index (χ3v) is 17.5. The number of halogens is 3. The smallest absolute Gasteiger partial charge is 1.00 e. The molecule has 4 rings (SSSR count). The van der Waals surface area contributed by atoms with E-state index in [-0.39, 0.29) is 58.9 Å². The molecule has 0 bridgehead atoms. The molecule has 0 aromatic heterocycles. The normalized spacial score (nSPS) is 10.8. The van der Waals surface area contributed by atoms with Crippen LogP contribution in [0.5, 0.6) is 0 Å². The molecule has 0 saturated heterocycles. The molecule has 0 aliphatic heterocycles. The molecule has 0 saturated carbocycles. The number of benzene rings is 3. The van der Waals surface area contributed by atoms with Gasteiger partial charge < -0.3 is 66.6 Å². The first-order valence-electron chi connectivity index (χ1n) is 18.7. The van der Waals surface area contributed by atoms with E-state index in [0.29, 0.717) is 0 Å². The van der Waals surface area contributed by atoms with Gasteiger partial charge in [-0.15, -0.1) is 5.19 Å². The standard InChI is InChI=1S/C45H69N6Si.3ClH.Ti/c1-26-23-36(46(11)12)33(8)43(39(26)49(17)18)52(42-31(6)29(4)30(5)32(42)7,44-34(9)37(47(13)14)24-27(2)40(44)50(19)20)45-35(10)38(48(15)16)25-28(3)41(45)51(21)22;;;;/h23-25H,1-22H3;3*1H;/q-1;;;;+4/p-3. The quantitative estimate of drug-likeness (QED) is 0.0975. The van der Waals surface area contributed by atoms with E-state index in [0.717, 1.165) is 0 Å². The van der Waals surface area contributed by atoms with Crippen LogP contribution in [0.1, 0.15) is 55.6 Å². The number of nitrogens with zero attached hydrogens (tertiary/aromatic N) is 6. The largest absolute Gasteiger partial charge is 4.00 e. The van der Waals surface area contributed by atoms with Gasteiger partial charge in [-0.1, -0.05) is 27.7 Å². The molecule has 6 nitrogen and oxygen atoms in total. The third-order valence-electron chi connectivity index (χ3n) is 11.9. The molecule has 0 spiro atoms. The van der Waals surface area contributed by atoms with Crippen LogP contribution in [-0.4, -0.2) is 92.6 Å². The van der Waals surface area contributed by atoms with Gasteiger partial charge in [-0.05, 0) is 109 Å². The number of hydrogen-bond acceptors (Lipinski definition) is 6. The second-order valence-electron chi connectivity index (χ2n) is 16.7. The maximum atomic E-state index is 2.42. The van der Waals surface area contributed by atoms with Crippen LogP contribution in [0.3, 0.4) is 0 Å². The number of rotatable bonds is 10. The minimum atomic E-state index is -3.39. The summed E-state index contributed by atoms with van der Waals surface area (Å²) < 4.78 is 0. The summed E-state index contributed by atoms with van der Waals surface area (Å²) in [5.41, 5.74) is 21.5. The Kier molecular flexibility index (Phi) is 18.7. The van der Waals surface area contributed by atoms with Crippen molar-refractivity contribution in [1.82, 2.24) is 0 Å². The van der Waals surface area contributed by atoms with Crippen molar-refractivity contribution in [2.45, 2.75) is 69.2 Å². The van der Waals surface area contributed by atoms with Crippen molar-refractivity contribution in [1.29, 1.82) is 0 Å². The van der Waals surface area contributed by atoms with E-state index < -0.39 is 8.07 Å². The van der Waals surface area contributed by atoms with Gasteiger partial charge >= 0.3 is 21.7 Å². The van der Waals surface area contributed by atoms with Crippen LogP contribution in [0.25, 0.3) is 0 Å². The van der Waals surface area contributed by atoms with E-state index >= 15 is 0 Å². The maximum Gasteiger partial charge on any atom is 4.00 e. The molecule has 308 valence electrons. The Bertz CT molecular complexity index is 1820. The Balaban J connectivity index is 0.00000756. The van der Waals surface area contributed by atoms with Crippen molar-refractivity contribution in [2.24, 2.45) is 0 Å². The fourth-order valence-corrected chi connectivity index (χ4v) is 17.1. The average molecular weight is 876 g/mol. The Morgan fingerprint density at radius 1 is 0.357 bits per heavy atom. The van der Waals surface area contributed by atoms with Crippen molar-refractivity contribution in [2.75, 3.05) is 114 Å². The summed E-state index contributed by atoms with van der Waals surface area (Å²) in [5, 5.41) is 5.99. The number of hydrogen-bond donors (Lipinski definition) is 0. The van der Waals surface area contributed by atoms with E-state index in [1.165, 1.54) is 111 Å². The summed E-state index contributed by atoms with van der Waals surface area (Å²) in [5.74, 6) is 0. The van der Waals surface area contributed by atoms with Gasteiger partial charge in [0.1, 0.15) is 8.07 Å². The molecule has 4 aromatic rings. The molecule has 0 aliphatic rings. The number of aryl methyl sites for hydroxylation is 3. The van der Waals surface area contributed by atoms with Crippen LogP contribution in [-0.2, 0) is 21.7 Å². The van der Waals surface area contributed by atoms with E-state index in [9.17, 15) is 0 Å². The molecule has 0 aliphatic carbocycles. The van der Waals surface area contributed by atoms with E-state index in [2.05, 4.69) is 201 Å². The first kappa shape index (κ1) is 53.6. The summed E-state index contributed by atoms with van der Waals surface area (Å²) >= 11 is 0. The first-order chi connectivity index (χ1) is 24.0. The molecule has 0 heterocycles. The topological polar surface area (TPSA) is 19.4 Å². The Hall–Kier alpha value is -2.39. The molecule has 4 aromatic carbocycles. The Labute approximate surface area is 376 Å². The Morgan fingerprint density at radius 2 is 0.571 bits per heavy atom. The molecule has 11 heteroatoms. The van der Waals surface area contributed by atoms with Crippen molar-refractivity contribution in [3.05, 3.63) is 73.8 Å². The first-order valence-corrected chi connectivity index (χ1v) is 20.7. The molecule has 0 unspecified atom stereocenters. The Morgan fingerprint density at radius 3 is 0.750 bits per heavy atom. The second-order valence-corrected chi connectivity index (χ2v) is 20.2. The van der Waals surface area contributed by atoms with Crippen LogP contribution in [0, 0.1) is 69.2 Å². The SMILES string of the molecule is Cc1cc(N(C)C)c(C)c([Si](c2c(C)c(N(C)C)cc(C)c2N(C)C)(c2c(C)c(N(C)C)cc(C)c2N(C)C)[c-]2c(C)c(C)c(C)c2C)c1N(C)C.[Cl-].[Cl-].[Cl-].[Ti+4]. The monoisotopic (exact) mass is 874 g/mol. The zero-order chi connectivity index (χ0) is 39.6. The summed E-state index contributed by atoms with van der Waals surface area (Å²) in [4.78, 5) is 14.2.